The van der Waals surface area contributed by atoms with Gasteiger partial charge >= 0.3 is 0 Å². The Morgan fingerprint density at radius 2 is 2.36 bits per heavy atom. The number of hydrogen-bond acceptors (Lipinski definition) is 3. The number of aromatic amines is 1. The van der Waals surface area contributed by atoms with E-state index in [4.69, 9.17) is 15.9 Å². The van der Waals surface area contributed by atoms with Crippen LogP contribution in [0.1, 0.15) is 18.0 Å². The van der Waals surface area contributed by atoms with Crippen molar-refractivity contribution >= 4 is 0 Å². The predicted molar refractivity (Wildman–Crippen MR) is 41.1 cm³/mol. The van der Waals surface area contributed by atoms with Gasteiger partial charge in [-0.1, -0.05) is 0 Å². The lowest BCUT2D eigenvalue weighted by Crippen LogP contribution is -2.10. The Bertz CT molecular complexity index is 222. The number of rotatable bonds is 3. The topological polar surface area (TPSA) is 82.3 Å². The van der Waals surface area contributed by atoms with E-state index in [2.05, 4.69) is 4.98 Å². The molecule has 0 saturated heterocycles. The number of aromatic nitrogens is 1. The second-order valence-electron chi connectivity index (χ2n) is 2.44. The van der Waals surface area contributed by atoms with Gasteiger partial charge in [0.15, 0.2) is 5.88 Å². The van der Waals surface area contributed by atoms with Gasteiger partial charge in [0.1, 0.15) is 0 Å². The van der Waals surface area contributed by atoms with Crippen LogP contribution in [0.25, 0.3) is 0 Å². The zero-order valence-electron chi connectivity index (χ0n) is 6.12. The second kappa shape index (κ2) is 3.41. The van der Waals surface area contributed by atoms with Crippen LogP contribution < -0.4 is 5.73 Å². The van der Waals surface area contributed by atoms with Crippen molar-refractivity contribution in [1.29, 1.82) is 0 Å². The summed E-state index contributed by atoms with van der Waals surface area (Å²) in [7, 11) is 0. The van der Waals surface area contributed by atoms with Crippen molar-refractivity contribution in [2.45, 2.75) is 12.5 Å². The normalized spacial score (nSPS) is 13.3. The molecule has 0 unspecified atom stereocenters. The fraction of sp³-hybridized carbons (Fsp3) is 0.429. The number of hydrogen-bond donors (Lipinski definition) is 4. The first-order valence-corrected chi connectivity index (χ1v) is 3.47. The highest BCUT2D eigenvalue weighted by atomic mass is 16.3. The van der Waals surface area contributed by atoms with E-state index in [9.17, 15) is 0 Å². The Kier molecular flexibility index (Phi) is 2.51. The van der Waals surface area contributed by atoms with E-state index < -0.39 is 0 Å². The molecular weight excluding hydrogens is 144 g/mol. The summed E-state index contributed by atoms with van der Waals surface area (Å²) < 4.78 is 0. The zero-order valence-corrected chi connectivity index (χ0v) is 6.12. The number of nitrogens with two attached hydrogens (primary N) is 1. The molecule has 0 spiro atoms. The van der Waals surface area contributed by atoms with Crippen LogP contribution in [0.4, 0.5) is 0 Å². The van der Waals surface area contributed by atoms with E-state index in [0.29, 0.717) is 6.42 Å². The average Bonchev–Trinajstić information content (AvgIpc) is 2.36. The Morgan fingerprint density at radius 1 is 1.64 bits per heavy atom. The van der Waals surface area contributed by atoms with E-state index >= 15 is 0 Å². The van der Waals surface area contributed by atoms with Gasteiger partial charge in [0, 0.05) is 24.9 Å². The Labute approximate surface area is 64.7 Å². The molecule has 1 aromatic rings. The van der Waals surface area contributed by atoms with E-state index in [-0.39, 0.29) is 18.5 Å². The molecule has 4 nitrogen and oxygen atoms in total. The first-order chi connectivity index (χ1) is 5.24. The molecule has 1 atom stereocenters. The van der Waals surface area contributed by atoms with Crippen molar-refractivity contribution in [3.8, 4) is 5.88 Å². The van der Waals surface area contributed by atoms with Crippen LogP contribution in [0, 0.1) is 0 Å². The summed E-state index contributed by atoms with van der Waals surface area (Å²) in [5.74, 6) is 0.105. The fourth-order valence-corrected chi connectivity index (χ4v) is 0.918. The number of aromatic hydroxyl groups is 1. The molecule has 0 aliphatic carbocycles. The first-order valence-electron chi connectivity index (χ1n) is 3.47. The van der Waals surface area contributed by atoms with E-state index in [1.807, 2.05) is 0 Å². The minimum Gasteiger partial charge on any atom is -0.495 e. The van der Waals surface area contributed by atoms with E-state index in [1.54, 1.807) is 12.3 Å². The minimum atomic E-state index is -0.197. The number of aliphatic hydroxyl groups is 1. The molecule has 11 heavy (non-hydrogen) atoms. The minimum absolute atomic E-state index is 0.0626. The molecule has 0 bridgehead atoms. The smallest absolute Gasteiger partial charge is 0.188 e. The molecule has 0 aromatic carbocycles. The predicted octanol–water partition coefficient (Wildman–Crippen LogP) is 0.103. The van der Waals surface area contributed by atoms with Crippen molar-refractivity contribution in [3.05, 3.63) is 17.8 Å². The highest BCUT2D eigenvalue weighted by molar-refractivity contribution is 5.22. The molecule has 62 valence electrons. The van der Waals surface area contributed by atoms with E-state index in [0.717, 1.165) is 5.56 Å². The lowest BCUT2D eigenvalue weighted by Gasteiger charge is -2.05. The molecule has 0 amide bonds. The molecule has 1 heterocycles. The molecule has 0 aliphatic rings. The van der Waals surface area contributed by atoms with Gasteiger partial charge in [-0.2, -0.15) is 0 Å². The number of nitrogens with one attached hydrogen (secondary N) is 1. The van der Waals surface area contributed by atoms with E-state index in [1.165, 1.54) is 0 Å². The molecule has 0 radical (unpaired) electrons. The third kappa shape index (κ3) is 1.96. The number of aliphatic hydroxyl groups excluding tert-OH is 1. The highest BCUT2D eigenvalue weighted by Gasteiger charge is 2.06. The van der Waals surface area contributed by atoms with Crippen molar-refractivity contribution in [2.75, 3.05) is 6.61 Å². The van der Waals surface area contributed by atoms with Gasteiger partial charge in [-0.05, 0) is 12.0 Å². The maximum absolute atomic E-state index is 8.90. The molecule has 0 fully saturated rings. The Morgan fingerprint density at radius 3 is 2.82 bits per heavy atom. The van der Waals surface area contributed by atoms with Gasteiger partial charge in [-0.25, -0.2) is 0 Å². The van der Waals surface area contributed by atoms with Crippen molar-refractivity contribution < 1.29 is 10.2 Å². The van der Waals surface area contributed by atoms with Crippen LogP contribution in [0.5, 0.6) is 5.88 Å². The van der Waals surface area contributed by atoms with Gasteiger partial charge in [0.05, 0.1) is 0 Å². The maximum Gasteiger partial charge on any atom is 0.188 e. The molecule has 1 aromatic heterocycles. The third-order valence-corrected chi connectivity index (χ3v) is 1.56. The van der Waals surface area contributed by atoms with Crippen LogP contribution >= 0.6 is 0 Å². The summed E-state index contributed by atoms with van der Waals surface area (Å²) in [5.41, 5.74) is 6.44. The SMILES string of the molecule is N[C@H](CCO)c1c[nH]c(O)c1. The molecule has 1 rings (SSSR count). The lowest BCUT2D eigenvalue weighted by molar-refractivity contribution is 0.276. The van der Waals surface area contributed by atoms with Crippen LogP contribution in [-0.4, -0.2) is 21.8 Å². The Hall–Kier alpha value is -1.00. The highest BCUT2D eigenvalue weighted by Crippen LogP contribution is 2.17. The summed E-state index contributed by atoms with van der Waals surface area (Å²) in [5, 5.41) is 17.4. The zero-order chi connectivity index (χ0) is 8.27. The van der Waals surface area contributed by atoms with Crippen molar-refractivity contribution in [3.63, 3.8) is 0 Å². The van der Waals surface area contributed by atoms with Gasteiger partial charge in [0.2, 0.25) is 0 Å². The maximum atomic E-state index is 8.90. The summed E-state index contributed by atoms with van der Waals surface area (Å²) in [6.45, 7) is 0.0626. The van der Waals surface area contributed by atoms with Gasteiger partial charge in [-0.15, -0.1) is 0 Å². The molecule has 5 N–H and O–H groups in total. The quantitative estimate of drug-likeness (QED) is 0.501. The fourth-order valence-electron chi connectivity index (χ4n) is 0.918. The summed E-state index contributed by atoms with van der Waals surface area (Å²) in [6.07, 6.45) is 2.15. The summed E-state index contributed by atoms with van der Waals surface area (Å²) in [6, 6.07) is 1.36. The lowest BCUT2D eigenvalue weighted by atomic mass is 10.1. The molecule has 4 heteroatoms. The second-order valence-corrected chi connectivity index (χ2v) is 2.44. The molecule has 0 saturated carbocycles. The van der Waals surface area contributed by atoms with Gasteiger partial charge in [-0.3, -0.25) is 0 Å². The standard InChI is InChI=1S/C7H12N2O2/c8-6(1-2-10)5-3-7(11)9-4-5/h3-4,6,9-11H,1-2,8H2/t6-/m1/s1. The largest absolute Gasteiger partial charge is 0.495 e. The van der Waals surface area contributed by atoms with Crippen LogP contribution in [0.2, 0.25) is 0 Å². The summed E-state index contributed by atoms with van der Waals surface area (Å²) >= 11 is 0. The molecule has 0 aliphatic heterocycles. The average molecular weight is 156 g/mol. The number of H-pyrrole nitrogens is 1. The first kappa shape index (κ1) is 8.10. The van der Waals surface area contributed by atoms with Crippen LogP contribution in [0.15, 0.2) is 12.3 Å². The third-order valence-electron chi connectivity index (χ3n) is 1.56. The van der Waals surface area contributed by atoms with Crippen molar-refractivity contribution in [1.82, 2.24) is 4.98 Å². The van der Waals surface area contributed by atoms with Gasteiger partial charge in [0.25, 0.3) is 0 Å². The van der Waals surface area contributed by atoms with Gasteiger partial charge < -0.3 is 20.9 Å². The Balaban J connectivity index is 2.60. The monoisotopic (exact) mass is 156 g/mol. The van der Waals surface area contributed by atoms with Crippen LogP contribution in [-0.2, 0) is 0 Å². The summed E-state index contributed by atoms with van der Waals surface area (Å²) in [4.78, 5) is 2.60. The van der Waals surface area contributed by atoms with Crippen LogP contribution in [0.3, 0.4) is 0 Å². The van der Waals surface area contributed by atoms with Crippen molar-refractivity contribution in [2.24, 2.45) is 5.73 Å². The molecular formula is C7H12N2O2.